The molecule has 3 heteroatoms. The lowest BCUT2D eigenvalue weighted by Gasteiger charge is -2.33. The second-order valence-corrected chi connectivity index (χ2v) is 4.99. The normalized spacial score (nSPS) is 40.1. The average Bonchev–Trinajstić information content (AvgIpc) is 2.18. The second kappa shape index (κ2) is 5.10. The van der Waals surface area contributed by atoms with Crippen LogP contribution in [0.5, 0.6) is 0 Å². The maximum atomic E-state index is 5.74. The molecule has 3 nitrogen and oxygen atoms in total. The Morgan fingerprint density at radius 2 is 2.13 bits per heavy atom. The van der Waals surface area contributed by atoms with E-state index in [1.54, 1.807) is 0 Å². The highest BCUT2D eigenvalue weighted by Crippen LogP contribution is 2.24. The molecule has 86 valence electrons. The number of nitrogens with one attached hydrogen (secondary N) is 1. The van der Waals surface area contributed by atoms with E-state index >= 15 is 0 Å². The van der Waals surface area contributed by atoms with Crippen molar-refractivity contribution >= 4 is 0 Å². The maximum Gasteiger partial charge on any atom is 0.0880 e. The Labute approximate surface area is 92.1 Å². The van der Waals surface area contributed by atoms with Crippen LogP contribution in [-0.2, 0) is 4.74 Å². The molecule has 2 unspecified atom stereocenters. The lowest BCUT2D eigenvalue weighted by molar-refractivity contribution is 0.0580. The van der Waals surface area contributed by atoms with Gasteiger partial charge in [0.15, 0.2) is 0 Å². The van der Waals surface area contributed by atoms with E-state index < -0.39 is 0 Å². The van der Waals surface area contributed by atoms with Crippen molar-refractivity contribution in [2.45, 2.75) is 31.9 Å². The summed E-state index contributed by atoms with van der Waals surface area (Å²) in [4.78, 5) is 0. The van der Waals surface area contributed by atoms with Crippen molar-refractivity contribution in [3.05, 3.63) is 12.2 Å². The molecule has 0 aromatic carbocycles. The molecule has 2 aliphatic rings. The first-order chi connectivity index (χ1) is 7.24. The highest BCUT2D eigenvalue weighted by molar-refractivity contribution is 4.97. The van der Waals surface area contributed by atoms with Gasteiger partial charge in [0.1, 0.15) is 0 Å². The highest BCUT2D eigenvalue weighted by atomic mass is 16.5. The van der Waals surface area contributed by atoms with Crippen molar-refractivity contribution in [1.29, 1.82) is 0 Å². The van der Waals surface area contributed by atoms with Crippen LogP contribution in [0.2, 0.25) is 0 Å². The van der Waals surface area contributed by atoms with Gasteiger partial charge in [0.05, 0.1) is 12.7 Å². The van der Waals surface area contributed by atoms with Gasteiger partial charge in [-0.15, -0.1) is 0 Å². The molecular weight excluding hydrogens is 188 g/mol. The van der Waals surface area contributed by atoms with E-state index in [-0.39, 0.29) is 6.10 Å². The smallest absolute Gasteiger partial charge is 0.0880 e. The molecule has 0 spiro atoms. The monoisotopic (exact) mass is 210 g/mol. The van der Waals surface area contributed by atoms with Gasteiger partial charge in [-0.2, -0.15) is 0 Å². The third-order valence-electron chi connectivity index (χ3n) is 3.28. The Hall–Kier alpha value is -0.380. The summed E-state index contributed by atoms with van der Waals surface area (Å²) in [5, 5.41) is 3.46. The first-order valence-corrected chi connectivity index (χ1v) is 6.00. The van der Waals surface area contributed by atoms with Crippen LogP contribution in [0.4, 0.5) is 0 Å². The van der Waals surface area contributed by atoms with Gasteiger partial charge in [-0.3, -0.25) is 0 Å². The molecule has 15 heavy (non-hydrogen) atoms. The number of hydrogen-bond donors (Lipinski definition) is 2. The molecule has 0 saturated heterocycles. The van der Waals surface area contributed by atoms with E-state index in [0.29, 0.717) is 12.0 Å². The zero-order valence-corrected chi connectivity index (χ0v) is 9.49. The fourth-order valence-corrected chi connectivity index (χ4v) is 2.21. The number of hydrogen-bond acceptors (Lipinski definition) is 3. The van der Waals surface area contributed by atoms with Crippen LogP contribution in [0, 0.1) is 11.8 Å². The van der Waals surface area contributed by atoms with Gasteiger partial charge in [0, 0.05) is 12.6 Å². The number of rotatable bonds is 4. The standard InChI is InChI=1S/C12H22N2O/c1-9-2-3-12(15-8-9)7-14-6-10-4-11(13)5-10/h2-3,9-12,14H,4-8,13H2,1H3. The third kappa shape index (κ3) is 3.30. The summed E-state index contributed by atoms with van der Waals surface area (Å²) >= 11 is 0. The van der Waals surface area contributed by atoms with Crippen LogP contribution in [0.15, 0.2) is 12.2 Å². The summed E-state index contributed by atoms with van der Waals surface area (Å²) in [5.74, 6) is 1.37. The van der Waals surface area contributed by atoms with Crippen LogP contribution in [0.25, 0.3) is 0 Å². The van der Waals surface area contributed by atoms with Crippen LogP contribution < -0.4 is 11.1 Å². The lowest BCUT2D eigenvalue weighted by Crippen LogP contribution is -2.43. The molecule has 2 atom stereocenters. The van der Waals surface area contributed by atoms with Crippen LogP contribution >= 0.6 is 0 Å². The Morgan fingerprint density at radius 3 is 2.73 bits per heavy atom. The van der Waals surface area contributed by atoms with Crippen molar-refractivity contribution in [1.82, 2.24) is 5.32 Å². The minimum atomic E-state index is 0.273. The van der Waals surface area contributed by atoms with E-state index in [2.05, 4.69) is 24.4 Å². The highest BCUT2D eigenvalue weighted by Gasteiger charge is 2.25. The fraction of sp³-hybridized carbons (Fsp3) is 0.833. The van der Waals surface area contributed by atoms with Crippen molar-refractivity contribution in [2.75, 3.05) is 19.7 Å². The largest absolute Gasteiger partial charge is 0.372 e. The molecule has 1 aliphatic carbocycles. The van der Waals surface area contributed by atoms with Crippen molar-refractivity contribution in [3.8, 4) is 0 Å². The van der Waals surface area contributed by atoms with Crippen LogP contribution in [0.3, 0.4) is 0 Å². The third-order valence-corrected chi connectivity index (χ3v) is 3.28. The topological polar surface area (TPSA) is 47.3 Å². The molecule has 0 aromatic rings. The van der Waals surface area contributed by atoms with Gasteiger partial charge in [0.25, 0.3) is 0 Å². The Kier molecular flexibility index (Phi) is 3.78. The minimum Gasteiger partial charge on any atom is -0.372 e. The first kappa shape index (κ1) is 11.1. The summed E-state index contributed by atoms with van der Waals surface area (Å²) in [6.07, 6.45) is 7.06. The lowest BCUT2D eigenvalue weighted by atomic mass is 9.81. The zero-order valence-electron chi connectivity index (χ0n) is 9.49. The van der Waals surface area contributed by atoms with E-state index in [4.69, 9.17) is 10.5 Å². The van der Waals surface area contributed by atoms with E-state index in [1.165, 1.54) is 12.8 Å². The van der Waals surface area contributed by atoms with Crippen LogP contribution in [0.1, 0.15) is 19.8 Å². The van der Waals surface area contributed by atoms with Gasteiger partial charge in [-0.05, 0) is 31.2 Å². The van der Waals surface area contributed by atoms with Crippen LogP contribution in [-0.4, -0.2) is 31.8 Å². The molecule has 1 heterocycles. The summed E-state index contributed by atoms with van der Waals surface area (Å²) in [7, 11) is 0. The van der Waals surface area contributed by atoms with Gasteiger partial charge in [0.2, 0.25) is 0 Å². The summed E-state index contributed by atoms with van der Waals surface area (Å²) in [6.45, 7) is 5.07. The number of nitrogens with two attached hydrogens (primary N) is 1. The SMILES string of the molecule is CC1C=CC(CNCC2CC(N)C2)OC1. The van der Waals surface area contributed by atoms with Gasteiger partial charge in [-0.25, -0.2) is 0 Å². The maximum absolute atomic E-state index is 5.74. The van der Waals surface area contributed by atoms with Gasteiger partial charge < -0.3 is 15.8 Å². The molecule has 0 bridgehead atoms. The molecule has 2 rings (SSSR count). The summed E-state index contributed by atoms with van der Waals surface area (Å²) in [6, 6.07) is 0.462. The Bertz CT molecular complexity index is 224. The van der Waals surface area contributed by atoms with E-state index in [9.17, 15) is 0 Å². The van der Waals surface area contributed by atoms with E-state index in [1.807, 2.05) is 0 Å². The minimum absolute atomic E-state index is 0.273. The molecule has 1 fully saturated rings. The zero-order chi connectivity index (χ0) is 10.7. The molecule has 0 amide bonds. The molecule has 1 aliphatic heterocycles. The first-order valence-electron chi connectivity index (χ1n) is 6.00. The predicted octanol–water partition coefficient (Wildman–Crippen LogP) is 0.904. The van der Waals surface area contributed by atoms with Crippen molar-refractivity contribution in [2.24, 2.45) is 17.6 Å². The average molecular weight is 210 g/mol. The molecule has 3 N–H and O–H groups in total. The molecule has 0 radical (unpaired) electrons. The van der Waals surface area contributed by atoms with Gasteiger partial charge in [-0.1, -0.05) is 19.1 Å². The molecular formula is C12H22N2O. The van der Waals surface area contributed by atoms with Crippen molar-refractivity contribution in [3.63, 3.8) is 0 Å². The predicted molar refractivity (Wildman–Crippen MR) is 61.6 cm³/mol. The van der Waals surface area contributed by atoms with E-state index in [0.717, 1.165) is 25.6 Å². The Morgan fingerprint density at radius 1 is 1.33 bits per heavy atom. The summed E-state index contributed by atoms with van der Waals surface area (Å²) in [5.41, 5.74) is 5.74. The van der Waals surface area contributed by atoms with Gasteiger partial charge >= 0.3 is 0 Å². The second-order valence-electron chi connectivity index (χ2n) is 4.99. The Balaban J connectivity index is 1.56. The molecule has 1 saturated carbocycles. The quantitative estimate of drug-likeness (QED) is 0.678. The number of ether oxygens (including phenoxy) is 1. The van der Waals surface area contributed by atoms with Crippen molar-refractivity contribution < 1.29 is 4.74 Å². The fourth-order valence-electron chi connectivity index (χ4n) is 2.21. The molecule has 0 aromatic heterocycles. The summed E-state index contributed by atoms with van der Waals surface area (Å²) < 4.78 is 5.67.